The number of anilines is 1. The summed E-state index contributed by atoms with van der Waals surface area (Å²) in [5.41, 5.74) is 1.72. The summed E-state index contributed by atoms with van der Waals surface area (Å²) >= 11 is 0. The van der Waals surface area contributed by atoms with Crippen LogP contribution < -0.4 is 4.90 Å². The Morgan fingerprint density at radius 1 is 1.11 bits per heavy atom. The maximum Gasteiger partial charge on any atom is 0.410 e. The van der Waals surface area contributed by atoms with E-state index >= 15 is 0 Å². The lowest BCUT2D eigenvalue weighted by Crippen LogP contribution is -2.42. The zero-order valence-corrected chi connectivity index (χ0v) is 16.3. The van der Waals surface area contributed by atoms with Crippen LogP contribution in [0.3, 0.4) is 0 Å². The van der Waals surface area contributed by atoms with Gasteiger partial charge >= 0.3 is 6.09 Å². The topological polar surface area (TPSA) is 49.9 Å². The average molecular weight is 384 g/mol. The normalized spacial score (nSPS) is 19.4. The summed E-state index contributed by atoms with van der Waals surface area (Å²) in [4.78, 5) is 27.0. The lowest BCUT2D eigenvalue weighted by atomic mass is 10.0. The van der Waals surface area contributed by atoms with Crippen molar-refractivity contribution in [3.05, 3.63) is 54.6 Å². The van der Waals surface area contributed by atoms with E-state index in [9.17, 15) is 14.0 Å². The van der Waals surface area contributed by atoms with Crippen LogP contribution in [0.4, 0.5) is 14.9 Å². The molecule has 2 amide bonds. The van der Waals surface area contributed by atoms with Crippen LogP contribution in [0.2, 0.25) is 0 Å². The Morgan fingerprint density at radius 3 is 2.39 bits per heavy atom. The third-order valence-electron chi connectivity index (χ3n) is 4.61. The summed E-state index contributed by atoms with van der Waals surface area (Å²) in [5, 5.41) is 0. The number of benzene rings is 2. The molecule has 2 aromatic carbocycles. The molecule has 1 fully saturated rings. The number of halogens is 1. The van der Waals surface area contributed by atoms with Gasteiger partial charge < -0.3 is 14.5 Å². The van der Waals surface area contributed by atoms with Crippen molar-refractivity contribution in [2.75, 3.05) is 18.0 Å². The molecule has 0 spiro atoms. The maximum atomic E-state index is 14.8. The van der Waals surface area contributed by atoms with Gasteiger partial charge in [-0.2, -0.15) is 0 Å². The molecule has 2 atom stereocenters. The SMILES string of the molecule is CC(C)(C)OC(=O)N1CC(F)C(N(C=O)c2ccccc2-c2ccccc2)C1. The van der Waals surface area contributed by atoms with E-state index < -0.39 is 23.9 Å². The van der Waals surface area contributed by atoms with E-state index in [0.29, 0.717) is 12.1 Å². The van der Waals surface area contributed by atoms with Crippen LogP contribution in [0.25, 0.3) is 11.1 Å². The van der Waals surface area contributed by atoms with Crippen LogP contribution in [-0.4, -0.2) is 48.3 Å². The van der Waals surface area contributed by atoms with E-state index in [2.05, 4.69) is 0 Å². The Bertz CT molecular complexity index is 835. The third kappa shape index (κ3) is 4.32. The molecule has 0 radical (unpaired) electrons. The van der Waals surface area contributed by atoms with Gasteiger partial charge in [0.1, 0.15) is 11.8 Å². The number of para-hydroxylation sites is 1. The maximum absolute atomic E-state index is 14.8. The fourth-order valence-electron chi connectivity index (χ4n) is 3.36. The predicted molar refractivity (Wildman–Crippen MR) is 107 cm³/mol. The molecule has 5 nitrogen and oxygen atoms in total. The first-order valence-corrected chi connectivity index (χ1v) is 9.30. The highest BCUT2D eigenvalue weighted by Gasteiger charge is 2.41. The molecule has 1 aliphatic rings. The van der Waals surface area contributed by atoms with Crippen LogP contribution in [0.5, 0.6) is 0 Å². The largest absolute Gasteiger partial charge is 0.444 e. The van der Waals surface area contributed by atoms with Gasteiger partial charge in [0.2, 0.25) is 6.41 Å². The Morgan fingerprint density at radius 2 is 1.75 bits per heavy atom. The fraction of sp³-hybridized carbons (Fsp3) is 0.364. The summed E-state index contributed by atoms with van der Waals surface area (Å²) in [7, 11) is 0. The number of hydrogen-bond donors (Lipinski definition) is 0. The van der Waals surface area contributed by atoms with E-state index in [0.717, 1.165) is 11.1 Å². The smallest absolute Gasteiger partial charge is 0.410 e. The van der Waals surface area contributed by atoms with Crippen LogP contribution in [0.1, 0.15) is 20.8 Å². The Kier molecular flexibility index (Phi) is 5.68. The standard InChI is InChI=1S/C22H25FN2O3/c1-22(2,3)28-21(27)24-13-18(23)20(14-24)25(15-26)19-12-8-7-11-17(19)16-9-5-4-6-10-16/h4-12,15,18,20H,13-14H2,1-3H3. The molecule has 0 aliphatic carbocycles. The summed E-state index contributed by atoms with van der Waals surface area (Å²) in [6, 6.07) is 16.2. The van der Waals surface area contributed by atoms with Crippen LogP contribution in [0.15, 0.2) is 54.6 Å². The molecule has 0 bridgehead atoms. The predicted octanol–water partition coefficient (Wildman–Crippen LogP) is 4.27. The second kappa shape index (κ2) is 8.00. The van der Waals surface area contributed by atoms with Gasteiger partial charge in [-0.15, -0.1) is 0 Å². The first kappa shape index (κ1) is 19.9. The van der Waals surface area contributed by atoms with E-state index in [1.54, 1.807) is 26.8 Å². The number of ether oxygens (including phenoxy) is 1. The highest BCUT2D eigenvalue weighted by atomic mass is 19.1. The van der Waals surface area contributed by atoms with Gasteiger partial charge in [0.25, 0.3) is 0 Å². The zero-order valence-electron chi connectivity index (χ0n) is 16.3. The molecule has 2 unspecified atom stereocenters. The number of amides is 2. The van der Waals surface area contributed by atoms with Gasteiger partial charge in [-0.05, 0) is 32.4 Å². The minimum Gasteiger partial charge on any atom is -0.444 e. The molecular formula is C22H25FN2O3. The summed E-state index contributed by atoms with van der Waals surface area (Å²) in [5.74, 6) is 0. The van der Waals surface area contributed by atoms with Gasteiger partial charge in [-0.3, -0.25) is 4.79 Å². The van der Waals surface area contributed by atoms with Crippen molar-refractivity contribution in [2.45, 2.75) is 38.6 Å². The van der Waals surface area contributed by atoms with E-state index in [4.69, 9.17) is 4.74 Å². The van der Waals surface area contributed by atoms with E-state index in [1.165, 1.54) is 9.80 Å². The molecule has 2 aromatic rings. The van der Waals surface area contributed by atoms with Crippen molar-refractivity contribution in [3.8, 4) is 11.1 Å². The zero-order chi connectivity index (χ0) is 20.3. The molecular weight excluding hydrogens is 359 g/mol. The van der Waals surface area contributed by atoms with Crippen LogP contribution in [-0.2, 0) is 9.53 Å². The number of hydrogen-bond acceptors (Lipinski definition) is 3. The van der Waals surface area contributed by atoms with Crippen molar-refractivity contribution < 1.29 is 18.7 Å². The number of nitrogens with zero attached hydrogens (tertiary/aromatic N) is 2. The lowest BCUT2D eigenvalue weighted by Gasteiger charge is -2.28. The summed E-state index contributed by atoms with van der Waals surface area (Å²) in [6.45, 7) is 5.27. The van der Waals surface area contributed by atoms with Gasteiger partial charge in [0.15, 0.2) is 0 Å². The Labute approximate surface area is 164 Å². The number of likely N-dealkylation sites (tertiary alicyclic amines) is 1. The fourth-order valence-corrected chi connectivity index (χ4v) is 3.36. The molecule has 1 heterocycles. The average Bonchev–Trinajstić information content (AvgIpc) is 3.04. The third-order valence-corrected chi connectivity index (χ3v) is 4.61. The molecule has 0 saturated carbocycles. The van der Waals surface area contributed by atoms with Crippen molar-refractivity contribution in [2.24, 2.45) is 0 Å². The van der Waals surface area contributed by atoms with Gasteiger partial charge in [0.05, 0.1) is 18.3 Å². The van der Waals surface area contributed by atoms with Crippen LogP contribution in [0, 0.1) is 0 Å². The second-order valence-corrected chi connectivity index (χ2v) is 7.86. The number of rotatable bonds is 4. The second-order valence-electron chi connectivity index (χ2n) is 7.86. The molecule has 148 valence electrons. The van der Waals surface area contributed by atoms with Crippen molar-refractivity contribution in [1.29, 1.82) is 0 Å². The van der Waals surface area contributed by atoms with Crippen molar-refractivity contribution in [1.82, 2.24) is 4.90 Å². The summed E-state index contributed by atoms with van der Waals surface area (Å²) < 4.78 is 20.2. The lowest BCUT2D eigenvalue weighted by molar-refractivity contribution is -0.108. The van der Waals surface area contributed by atoms with Crippen molar-refractivity contribution in [3.63, 3.8) is 0 Å². The molecule has 6 heteroatoms. The quantitative estimate of drug-likeness (QED) is 0.740. The van der Waals surface area contributed by atoms with Crippen LogP contribution >= 0.6 is 0 Å². The Balaban J connectivity index is 1.87. The molecule has 3 rings (SSSR count). The molecule has 28 heavy (non-hydrogen) atoms. The Hall–Kier alpha value is -2.89. The molecule has 0 aromatic heterocycles. The molecule has 0 N–H and O–H groups in total. The highest BCUT2D eigenvalue weighted by Crippen LogP contribution is 2.33. The van der Waals surface area contributed by atoms with Gasteiger partial charge in [-0.25, -0.2) is 9.18 Å². The first-order valence-electron chi connectivity index (χ1n) is 9.30. The minimum absolute atomic E-state index is 0.0813. The highest BCUT2D eigenvalue weighted by molar-refractivity contribution is 5.88. The number of alkyl halides is 1. The van der Waals surface area contributed by atoms with Gasteiger partial charge in [0, 0.05) is 12.1 Å². The van der Waals surface area contributed by atoms with E-state index in [1.807, 2.05) is 48.5 Å². The monoisotopic (exact) mass is 384 g/mol. The van der Waals surface area contributed by atoms with Gasteiger partial charge in [-0.1, -0.05) is 48.5 Å². The first-order chi connectivity index (χ1) is 13.3. The van der Waals surface area contributed by atoms with Crippen molar-refractivity contribution >= 4 is 18.2 Å². The number of carbonyl (C=O) groups excluding carboxylic acids is 2. The van der Waals surface area contributed by atoms with E-state index in [-0.39, 0.29) is 13.1 Å². The summed E-state index contributed by atoms with van der Waals surface area (Å²) in [6.07, 6.45) is -1.29. The minimum atomic E-state index is -1.36. The molecule has 1 aliphatic heterocycles. The molecule has 1 saturated heterocycles. The number of carbonyl (C=O) groups is 2.